The second-order valence-electron chi connectivity index (χ2n) is 5.70. The Labute approximate surface area is 160 Å². The largest absolute Gasteiger partial charge is 0.417 e. The van der Waals surface area contributed by atoms with E-state index in [1.54, 1.807) is 0 Å². The Morgan fingerprint density at radius 3 is 2.57 bits per heavy atom. The fourth-order valence-corrected chi connectivity index (χ4v) is 2.91. The van der Waals surface area contributed by atoms with Crippen LogP contribution < -0.4 is 5.32 Å². The van der Waals surface area contributed by atoms with Crippen LogP contribution in [-0.4, -0.2) is 39.7 Å². The van der Waals surface area contributed by atoms with Gasteiger partial charge in [-0.25, -0.2) is 4.98 Å². The molecule has 3 rings (SSSR count). The van der Waals surface area contributed by atoms with E-state index in [1.165, 1.54) is 12.1 Å². The lowest BCUT2D eigenvalue weighted by Gasteiger charge is -2.15. The number of rotatable bonds is 5. The van der Waals surface area contributed by atoms with E-state index in [2.05, 4.69) is 10.3 Å². The number of carbonyl (C=O) groups is 2. The Hall–Kier alpha value is -3.21. The van der Waals surface area contributed by atoms with Crippen LogP contribution >= 0.6 is 11.6 Å². The van der Waals surface area contributed by atoms with Crippen LogP contribution in [0.5, 0.6) is 0 Å². The molecule has 1 aromatic heterocycles. The number of hydrogen-bond acceptors (Lipinski definition) is 6. The highest BCUT2D eigenvalue weighted by Gasteiger charge is 2.40. The van der Waals surface area contributed by atoms with E-state index in [4.69, 9.17) is 11.6 Å². The minimum Gasteiger partial charge on any atom is -0.367 e. The fourth-order valence-electron chi connectivity index (χ4n) is 2.68. The normalized spacial score (nSPS) is 13.6. The van der Waals surface area contributed by atoms with Gasteiger partial charge in [0.1, 0.15) is 11.4 Å². The van der Waals surface area contributed by atoms with Crippen molar-refractivity contribution in [1.29, 1.82) is 0 Å². The summed E-state index contributed by atoms with van der Waals surface area (Å²) in [7, 11) is 0. The summed E-state index contributed by atoms with van der Waals surface area (Å²) in [5.74, 6) is -1.57. The van der Waals surface area contributed by atoms with E-state index in [9.17, 15) is 32.9 Å². The number of nitrogens with zero attached hydrogens (tertiary/aromatic N) is 3. The van der Waals surface area contributed by atoms with E-state index >= 15 is 0 Å². The topological polar surface area (TPSA) is 105 Å². The highest BCUT2D eigenvalue weighted by molar-refractivity contribution is 6.33. The maximum absolute atomic E-state index is 12.6. The summed E-state index contributed by atoms with van der Waals surface area (Å²) in [6, 6.07) is 4.43. The molecule has 8 nitrogen and oxygen atoms in total. The third-order valence-electron chi connectivity index (χ3n) is 3.97. The molecule has 1 aromatic carbocycles. The van der Waals surface area contributed by atoms with Gasteiger partial charge in [-0.2, -0.15) is 13.2 Å². The number of benzene rings is 1. The standard InChI is InChI=1S/C16H10ClF3N4O4/c17-10-6-8(16(18,19)20)7-22-13(10)21-4-5-23-14(25)9-2-1-3-11(24(27)28)12(9)15(23)26/h1-3,6-7H,4-5H2,(H,21,22). The van der Waals surface area contributed by atoms with Crippen LogP contribution in [0.2, 0.25) is 5.02 Å². The fraction of sp³-hybridized carbons (Fsp3) is 0.188. The van der Waals surface area contributed by atoms with Crippen LogP contribution in [0.25, 0.3) is 0 Å². The first-order chi connectivity index (χ1) is 13.1. The average Bonchev–Trinajstić information content (AvgIpc) is 2.87. The highest BCUT2D eigenvalue weighted by atomic mass is 35.5. The Kier molecular flexibility index (Phi) is 4.94. The minimum absolute atomic E-state index is 0.0581. The molecule has 2 amide bonds. The Morgan fingerprint density at radius 1 is 1.25 bits per heavy atom. The van der Waals surface area contributed by atoms with Crippen molar-refractivity contribution in [2.45, 2.75) is 6.18 Å². The smallest absolute Gasteiger partial charge is 0.367 e. The molecular weight excluding hydrogens is 405 g/mol. The van der Waals surface area contributed by atoms with Crippen LogP contribution in [-0.2, 0) is 6.18 Å². The van der Waals surface area contributed by atoms with Crippen molar-refractivity contribution in [3.63, 3.8) is 0 Å². The summed E-state index contributed by atoms with van der Waals surface area (Å²) in [5, 5.41) is 13.4. The molecule has 0 aliphatic carbocycles. The number of fused-ring (bicyclic) bond motifs is 1. The van der Waals surface area contributed by atoms with Crippen molar-refractivity contribution < 1.29 is 27.7 Å². The van der Waals surface area contributed by atoms with Gasteiger partial charge >= 0.3 is 6.18 Å². The van der Waals surface area contributed by atoms with Gasteiger partial charge in [0.05, 0.1) is 21.1 Å². The van der Waals surface area contributed by atoms with Gasteiger partial charge in [-0.15, -0.1) is 0 Å². The average molecular weight is 415 g/mol. The number of nitrogens with one attached hydrogen (secondary N) is 1. The highest BCUT2D eigenvalue weighted by Crippen LogP contribution is 2.33. The molecule has 1 N–H and O–H groups in total. The minimum atomic E-state index is -4.59. The Balaban J connectivity index is 1.71. The van der Waals surface area contributed by atoms with Gasteiger partial charge in [0.2, 0.25) is 0 Å². The number of carbonyl (C=O) groups excluding carboxylic acids is 2. The summed E-state index contributed by atoms with van der Waals surface area (Å²) in [6.07, 6.45) is -4.00. The number of anilines is 1. The number of amides is 2. The Bertz CT molecular complexity index is 996. The molecule has 28 heavy (non-hydrogen) atoms. The third-order valence-corrected chi connectivity index (χ3v) is 4.26. The van der Waals surface area contributed by atoms with Crippen molar-refractivity contribution >= 4 is 34.9 Å². The second kappa shape index (κ2) is 7.08. The third kappa shape index (κ3) is 3.48. The summed E-state index contributed by atoms with van der Waals surface area (Å²) >= 11 is 5.77. The Morgan fingerprint density at radius 2 is 1.96 bits per heavy atom. The number of pyridine rings is 1. The lowest BCUT2D eigenvalue weighted by Crippen LogP contribution is -2.34. The zero-order valence-corrected chi connectivity index (χ0v) is 14.5. The van der Waals surface area contributed by atoms with E-state index in [-0.39, 0.29) is 35.1 Å². The van der Waals surface area contributed by atoms with Gasteiger partial charge < -0.3 is 5.32 Å². The lowest BCUT2D eigenvalue weighted by atomic mass is 10.1. The van der Waals surface area contributed by atoms with Crippen LogP contribution in [0.3, 0.4) is 0 Å². The van der Waals surface area contributed by atoms with Crippen LogP contribution in [0, 0.1) is 10.1 Å². The monoisotopic (exact) mass is 414 g/mol. The van der Waals surface area contributed by atoms with Gasteiger partial charge in [0.25, 0.3) is 17.5 Å². The van der Waals surface area contributed by atoms with Crippen LogP contribution in [0.4, 0.5) is 24.7 Å². The lowest BCUT2D eigenvalue weighted by molar-refractivity contribution is -0.385. The van der Waals surface area contributed by atoms with E-state index < -0.39 is 34.2 Å². The molecule has 2 heterocycles. The summed E-state index contributed by atoms with van der Waals surface area (Å²) in [6.45, 7) is -0.264. The molecule has 0 radical (unpaired) electrons. The van der Waals surface area contributed by atoms with Crippen molar-refractivity contribution in [2.24, 2.45) is 0 Å². The molecule has 0 atom stereocenters. The molecule has 1 aliphatic heterocycles. The molecule has 12 heteroatoms. The van der Waals surface area contributed by atoms with Gasteiger partial charge in [0.15, 0.2) is 0 Å². The number of aromatic nitrogens is 1. The summed E-state index contributed by atoms with van der Waals surface area (Å²) < 4.78 is 37.8. The molecule has 0 spiro atoms. The quantitative estimate of drug-likeness (QED) is 0.457. The maximum atomic E-state index is 12.6. The predicted octanol–water partition coefficient (Wildman–Crippen LogP) is 3.37. The van der Waals surface area contributed by atoms with Crippen molar-refractivity contribution in [3.05, 3.63) is 62.3 Å². The molecule has 2 aromatic rings. The van der Waals surface area contributed by atoms with Crippen molar-refractivity contribution in [2.75, 3.05) is 18.4 Å². The molecule has 146 valence electrons. The van der Waals surface area contributed by atoms with E-state index in [0.29, 0.717) is 12.3 Å². The number of nitro groups is 1. The van der Waals surface area contributed by atoms with E-state index in [1.807, 2.05) is 0 Å². The molecule has 0 saturated heterocycles. The first-order valence-electron chi connectivity index (χ1n) is 7.71. The van der Waals surface area contributed by atoms with Gasteiger partial charge in [-0.1, -0.05) is 17.7 Å². The molecule has 0 fully saturated rings. The van der Waals surface area contributed by atoms with Crippen molar-refractivity contribution in [1.82, 2.24) is 9.88 Å². The molecule has 1 aliphatic rings. The van der Waals surface area contributed by atoms with Crippen molar-refractivity contribution in [3.8, 4) is 0 Å². The molecule has 0 bridgehead atoms. The predicted molar refractivity (Wildman–Crippen MR) is 91.2 cm³/mol. The number of imide groups is 1. The number of halogens is 4. The number of alkyl halides is 3. The van der Waals surface area contributed by atoms with E-state index in [0.717, 1.165) is 11.0 Å². The zero-order valence-electron chi connectivity index (χ0n) is 13.8. The zero-order chi connectivity index (χ0) is 20.6. The van der Waals surface area contributed by atoms with Gasteiger partial charge in [-0.05, 0) is 12.1 Å². The van der Waals surface area contributed by atoms with Crippen LogP contribution in [0.15, 0.2) is 30.5 Å². The van der Waals surface area contributed by atoms with Gasteiger partial charge in [-0.3, -0.25) is 24.6 Å². The van der Waals surface area contributed by atoms with Gasteiger partial charge in [0, 0.05) is 25.4 Å². The number of nitro benzene ring substituents is 1. The van der Waals surface area contributed by atoms with Crippen LogP contribution in [0.1, 0.15) is 26.3 Å². The molecule has 0 unspecified atom stereocenters. The SMILES string of the molecule is O=C1c2cccc([N+](=O)[O-])c2C(=O)N1CCNc1ncc(C(F)(F)F)cc1Cl. The molecule has 0 saturated carbocycles. The number of hydrogen-bond donors (Lipinski definition) is 1. The first kappa shape index (κ1) is 19.5. The maximum Gasteiger partial charge on any atom is 0.417 e. The molecular formula is C16H10ClF3N4O4. The first-order valence-corrected chi connectivity index (χ1v) is 8.09. The summed E-state index contributed by atoms with van der Waals surface area (Å²) in [4.78, 5) is 39.4. The second-order valence-corrected chi connectivity index (χ2v) is 6.10. The summed E-state index contributed by atoms with van der Waals surface area (Å²) in [5.41, 5.74) is -1.86.